The predicted octanol–water partition coefficient (Wildman–Crippen LogP) is 2.09. The summed E-state index contributed by atoms with van der Waals surface area (Å²) >= 11 is 0. The molecule has 0 aromatic heterocycles. The van der Waals surface area contributed by atoms with E-state index in [4.69, 9.17) is 0 Å². The second kappa shape index (κ2) is 7.07. The van der Waals surface area contributed by atoms with E-state index in [1.807, 2.05) is 0 Å². The summed E-state index contributed by atoms with van der Waals surface area (Å²) in [5.74, 6) is -0.284. The Morgan fingerprint density at radius 3 is 2.64 bits per heavy atom. The van der Waals surface area contributed by atoms with Gasteiger partial charge in [0.15, 0.2) is 0 Å². The van der Waals surface area contributed by atoms with Crippen LogP contribution in [0.5, 0.6) is 0 Å². The molecule has 22 heavy (non-hydrogen) atoms. The molecule has 0 bridgehead atoms. The number of nitrogens with one attached hydrogen (secondary N) is 1. The molecule has 1 N–H and O–H groups in total. The summed E-state index contributed by atoms with van der Waals surface area (Å²) in [4.78, 5) is 12.3. The summed E-state index contributed by atoms with van der Waals surface area (Å²) in [6, 6.07) is 4.72. The van der Waals surface area contributed by atoms with Crippen LogP contribution in [-0.2, 0) is 10.0 Å². The Kier molecular flexibility index (Phi) is 5.37. The number of carbonyl (C=O) groups is 1. The molecule has 2 rings (SSSR count). The summed E-state index contributed by atoms with van der Waals surface area (Å²) in [6.07, 6.45) is 4.42. The first-order valence-corrected chi connectivity index (χ1v) is 8.90. The van der Waals surface area contributed by atoms with Gasteiger partial charge in [-0.3, -0.25) is 4.79 Å². The average molecular weight is 322 g/mol. The van der Waals surface area contributed by atoms with Gasteiger partial charge in [-0.2, -0.15) is 4.31 Å². The molecule has 1 aromatic rings. The van der Waals surface area contributed by atoms with Gasteiger partial charge in [-0.05, 0) is 37.5 Å². The lowest BCUT2D eigenvalue weighted by molar-refractivity contribution is 0.0957. The van der Waals surface area contributed by atoms with Crippen LogP contribution in [-0.4, -0.2) is 38.3 Å². The van der Waals surface area contributed by atoms with Crippen LogP contribution in [0.2, 0.25) is 0 Å². The number of rotatable bonds is 5. The van der Waals surface area contributed by atoms with Crippen molar-refractivity contribution in [3.05, 3.63) is 42.0 Å². The first-order valence-electron chi connectivity index (χ1n) is 7.46. The third-order valence-electron chi connectivity index (χ3n) is 3.81. The smallest absolute Gasteiger partial charge is 0.251 e. The number of benzene rings is 1. The van der Waals surface area contributed by atoms with E-state index in [2.05, 4.69) is 11.9 Å². The molecule has 1 heterocycles. The van der Waals surface area contributed by atoms with Crippen molar-refractivity contribution in [2.45, 2.75) is 31.1 Å². The van der Waals surface area contributed by atoms with Gasteiger partial charge < -0.3 is 5.32 Å². The Morgan fingerprint density at radius 2 is 2.00 bits per heavy atom. The van der Waals surface area contributed by atoms with E-state index in [0.29, 0.717) is 25.2 Å². The summed E-state index contributed by atoms with van der Waals surface area (Å²) in [5, 5.41) is 2.68. The molecule has 1 saturated heterocycles. The summed E-state index contributed by atoms with van der Waals surface area (Å²) in [6.45, 7) is 6.79. The zero-order chi connectivity index (χ0) is 16.2. The van der Waals surface area contributed by atoms with Crippen LogP contribution in [0.3, 0.4) is 0 Å². The van der Waals surface area contributed by atoms with Crippen LogP contribution in [0.25, 0.3) is 0 Å². The monoisotopic (exact) mass is 322 g/mol. The fourth-order valence-corrected chi connectivity index (χ4v) is 4.06. The quantitative estimate of drug-likeness (QED) is 0.844. The maximum atomic E-state index is 12.7. The lowest BCUT2D eigenvalue weighted by atomic mass is 10.1. The van der Waals surface area contributed by atoms with Crippen molar-refractivity contribution in [1.82, 2.24) is 9.62 Å². The van der Waals surface area contributed by atoms with E-state index in [1.54, 1.807) is 25.1 Å². The van der Waals surface area contributed by atoms with Gasteiger partial charge in [0.25, 0.3) is 5.91 Å². The fraction of sp³-hybridized carbons (Fsp3) is 0.438. The molecule has 0 radical (unpaired) electrons. The van der Waals surface area contributed by atoms with Gasteiger partial charge >= 0.3 is 0 Å². The highest BCUT2D eigenvalue weighted by Crippen LogP contribution is 2.22. The normalized spacial score (nSPS) is 16.2. The average Bonchev–Trinajstić information content (AvgIpc) is 2.53. The molecular weight excluding hydrogens is 300 g/mol. The van der Waals surface area contributed by atoms with E-state index < -0.39 is 10.0 Å². The molecule has 1 aromatic carbocycles. The van der Waals surface area contributed by atoms with Gasteiger partial charge in [-0.25, -0.2) is 8.42 Å². The fourth-order valence-electron chi connectivity index (χ4n) is 2.52. The summed E-state index contributed by atoms with van der Waals surface area (Å²) in [7, 11) is -3.52. The zero-order valence-corrected chi connectivity index (χ0v) is 13.7. The third-order valence-corrected chi connectivity index (χ3v) is 5.71. The summed E-state index contributed by atoms with van der Waals surface area (Å²) in [5.41, 5.74) is 1.14. The van der Waals surface area contributed by atoms with Crippen molar-refractivity contribution in [2.24, 2.45) is 0 Å². The van der Waals surface area contributed by atoms with Crippen molar-refractivity contribution in [2.75, 3.05) is 19.6 Å². The lowest BCUT2D eigenvalue weighted by Gasteiger charge is -2.26. The van der Waals surface area contributed by atoms with Crippen molar-refractivity contribution in [3.8, 4) is 0 Å². The molecule has 120 valence electrons. The van der Waals surface area contributed by atoms with Crippen LogP contribution in [0.4, 0.5) is 0 Å². The van der Waals surface area contributed by atoms with Crippen LogP contribution >= 0.6 is 0 Å². The molecule has 0 atom stereocenters. The van der Waals surface area contributed by atoms with E-state index in [-0.39, 0.29) is 10.8 Å². The standard InChI is InChI=1S/C16H22N2O3S/c1-3-9-17-16(19)15-12-14(8-7-13(15)2)22(20,21)18-10-5-4-6-11-18/h3,7-8,12H,1,4-6,9-11H2,2H3,(H,17,19). The molecule has 5 nitrogen and oxygen atoms in total. The first kappa shape index (κ1) is 16.7. The Hall–Kier alpha value is -1.66. The number of aryl methyl sites for hydroxylation is 1. The molecule has 0 spiro atoms. The SMILES string of the molecule is C=CCNC(=O)c1cc(S(=O)(=O)N2CCCCC2)ccc1C. The van der Waals surface area contributed by atoms with Gasteiger partial charge in [-0.1, -0.05) is 18.6 Å². The zero-order valence-electron chi connectivity index (χ0n) is 12.8. The van der Waals surface area contributed by atoms with E-state index >= 15 is 0 Å². The number of piperidine rings is 1. The van der Waals surface area contributed by atoms with Gasteiger partial charge in [0.05, 0.1) is 4.90 Å². The number of carbonyl (C=O) groups excluding carboxylic acids is 1. The van der Waals surface area contributed by atoms with Crippen molar-refractivity contribution >= 4 is 15.9 Å². The van der Waals surface area contributed by atoms with Crippen LogP contribution in [0, 0.1) is 6.92 Å². The minimum atomic E-state index is -3.52. The Morgan fingerprint density at radius 1 is 1.32 bits per heavy atom. The highest BCUT2D eigenvalue weighted by atomic mass is 32.2. The largest absolute Gasteiger partial charge is 0.349 e. The summed E-state index contributed by atoms with van der Waals surface area (Å²) < 4.78 is 26.8. The maximum absolute atomic E-state index is 12.7. The maximum Gasteiger partial charge on any atom is 0.251 e. The van der Waals surface area contributed by atoms with Crippen molar-refractivity contribution in [1.29, 1.82) is 0 Å². The molecule has 0 aliphatic carbocycles. The van der Waals surface area contributed by atoms with E-state index in [0.717, 1.165) is 24.8 Å². The molecule has 1 aliphatic heterocycles. The topological polar surface area (TPSA) is 66.5 Å². The second-order valence-corrected chi connectivity index (χ2v) is 7.38. The van der Waals surface area contributed by atoms with Gasteiger partial charge in [-0.15, -0.1) is 6.58 Å². The molecule has 6 heteroatoms. The molecular formula is C16H22N2O3S. The molecule has 1 amide bonds. The highest BCUT2D eigenvalue weighted by molar-refractivity contribution is 7.89. The van der Waals surface area contributed by atoms with Crippen LogP contribution in [0.1, 0.15) is 35.2 Å². The van der Waals surface area contributed by atoms with Gasteiger partial charge in [0.1, 0.15) is 0 Å². The number of hydrogen-bond acceptors (Lipinski definition) is 3. The molecule has 0 saturated carbocycles. The van der Waals surface area contributed by atoms with Crippen molar-refractivity contribution in [3.63, 3.8) is 0 Å². The van der Waals surface area contributed by atoms with Gasteiger partial charge in [0, 0.05) is 25.2 Å². The Labute approximate surface area is 132 Å². The second-order valence-electron chi connectivity index (χ2n) is 5.44. The van der Waals surface area contributed by atoms with Crippen LogP contribution in [0.15, 0.2) is 35.7 Å². The predicted molar refractivity (Wildman–Crippen MR) is 86.3 cm³/mol. The lowest BCUT2D eigenvalue weighted by Crippen LogP contribution is -2.35. The number of hydrogen-bond donors (Lipinski definition) is 1. The van der Waals surface area contributed by atoms with Crippen LogP contribution < -0.4 is 5.32 Å². The van der Waals surface area contributed by atoms with E-state index in [1.165, 1.54) is 10.4 Å². The number of amides is 1. The molecule has 1 fully saturated rings. The highest BCUT2D eigenvalue weighted by Gasteiger charge is 2.26. The minimum Gasteiger partial charge on any atom is -0.349 e. The number of sulfonamides is 1. The molecule has 0 unspecified atom stereocenters. The Balaban J connectivity index is 2.31. The van der Waals surface area contributed by atoms with Gasteiger partial charge in [0.2, 0.25) is 10.0 Å². The minimum absolute atomic E-state index is 0.184. The Bertz CT molecular complexity index is 662. The van der Waals surface area contributed by atoms with E-state index in [9.17, 15) is 13.2 Å². The van der Waals surface area contributed by atoms with Crippen molar-refractivity contribution < 1.29 is 13.2 Å². The third kappa shape index (κ3) is 3.56. The number of nitrogens with zero attached hydrogens (tertiary/aromatic N) is 1. The first-order chi connectivity index (χ1) is 10.5. The molecule has 1 aliphatic rings.